The first-order valence-electron chi connectivity index (χ1n) is 6.95. The largest absolute Gasteiger partial charge is 0.507 e. The summed E-state index contributed by atoms with van der Waals surface area (Å²) < 4.78 is 4.86. The number of carbonyl (C=O) groups excluding carboxylic acids is 1. The lowest BCUT2D eigenvalue weighted by molar-refractivity contribution is -0.139. The molecule has 0 unspecified atom stereocenters. The summed E-state index contributed by atoms with van der Waals surface area (Å²) in [6, 6.07) is 11.6. The lowest BCUT2D eigenvalue weighted by Crippen LogP contribution is -2.09. The van der Waals surface area contributed by atoms with Gasteiger partial charge in [0.1, 0.15) is 22.8 Å². The molecule has 2 aromatic rings. The molecule has 0 saturated heterocycles. The quantitative estimate of drug-likeness (QED) is 0.678. The average Bonchev–Trinajstić information content (AvgIpc) is 2.51. The van der Waals surface area contributed by atoms with E-state index in [1.165, 1.54) is 0 Å². The van der Waals surface area contributed by atoms with Crippen molar-refractivity contribution in [2.45, 2.75) is 12.8 Å². The Hall–Kier alpha value is -3.02. The van der Waals surface area contributed by atoms with E-state index in [-0.39, 0.29) is 17.7 Å². The molecular formula is C17H16O6. The standard InChI is InChI=1S/C17H16O6/c18-13(7-6-11-4-2-1-3-5-11)17-14(19)8-12(9-15(17)20)23-10-16(21)22/h1-5,8-9,19-20H,6-7,10H2,(H,21,22). The lowest BCUT2D eigenvalue weighted by atomic mass is 10.0. The molecule has 0 atom stereocenters. The summed E-state index contributed by atoms with van der Waals surface area (Å²) in [6.07, 6.45) is 0.607. The number of rotatable bonds is 7. The number of ether oxygens (including phenoxy) is 1. The molecule has 0 bridgehead atoms. The Morgan fingerprint density at radius 3 is 2.17 bits per heavy atom. The zero-order valence-corrected chi connectivity index (χ0v) is 12.2. The molecule has 0 spiro atoms. The number of Topliss-reactive ketones (excluding diaryl/α,β-unsaturated/α-hetero) is 1. The van der Waals surface area contributed by atoms with E-state index in [4.69, 9.17) is 9.84 Å². The van der Waals surface area contributed by atoms with Crippen molar-refractivity contribution in [3.05, 3.63) is 53.6 Å². The zero-order chi connectivity index (χ0) is 16.8. The third-order valence-electron chi connectivity index (χ3n) is 3.19. The number of benzene rings is 2. The number of phenolic OH excluding ortho intramolecular Hbond substituents is 2. The molecule has 2 aromatic carbocycles. The van der Waals surface area contributed by atoms with Crippen molar-refractivity contribution in [1.29, 1.82) is 0 Å². The summed E-state index contributed by atoms with van der Waals surface area (Å²) >= 11 is 0. The first kappa shape index (κ1) is 16.4. The normalized spacial score (nSPS) is 10.3. The van der Waals surface area contributed by atoms with E-state index in [1.54, 1.807) is 0 Å². The predicted octanol–water partition coefficient (Wildman–Crippen LogP) is 2.38. The van der Waals surface area contributed by atoms with E-state index >= 15 is 0 Å². The van der Waals surface area contributed by atoms with Crippen molar-refractivity contribution in [1.82, 2.24) is 0 Å². The van der Waals surface area contributed by atoms with Gasteiger partial charge >= 0.3 is 5.97 Å². The lowest BCUT2D eigenvalue weighted by Gasteiger charge is -2.10. The highest BCUT2D eigenvalue weighted by molar-refractivity contribution is 6.01. The van der Waals surface area contributed by atoms with Crippen LogP contribution in [0.5, 0.6) is 17.2 Å². The van der Waals surface area contributed by atoms with Crippen LogP contribution in [0.4, 0.5) is 0 Å². The summed E-state index contributed by atoms with van der Waals surface area (Å²) in [5.41, 5.74) is 0.782. The van der Waals surface area contributed by atoms with Crippen molar-refractivity contribution in [2.75, 3.05) is 6.61 Å². The third kappa shape index (κ3) is 4.47. The molecule has 0 amide bonds. The number of hydrogen-bond donors (Lipinski definition) is 3. The molecule has 0 aliphatic carbocycles. The van der Waals surface area contributed by atoms with Crippen LogP contribution < -0.4 is 4.74 Å². The van der Waals surface area contributed by atoms with Crippen LogP contribution in [0.1, 0.15) is 22.3 Å². The number of carboxylic acids is 1. The van der Waals surface area contributed by atoms with Gasteiger partial charge in [0, 0.05) is 18.6 Å². The van der Waals surface area contributed by atoms with Crippen molar-refractivity contribution < 1.29 is 29.6 Å². The summed E-state index contributed by atoms with van der Waals surface area (Å²) in [7, 11) is 0. The maximum absolute atomic E-state index is 12.2. The van der Waals surface area contributed by atoms with E-state index < -0.39 is 29.9 Å². The van der Waals surface area contributed by atoms with Crippen molar-refractivity contribution in [3.63, 3.8) is 0 Å². The Morgan fingerprint density at radius 2 is 1.61 bits per heavy atom. The van der Waals surface area contributed by atoms with Gasteiger partial charge in [0.05, 0.1) is 0 Å². The molecule has 0 fully saturated rings. The van der Waals surface area contributed by atoms with Gasteiger partial charge in [-0.1, -0.05) is 30.3 Å². The first-order chi connectivity index (χ1) is 11.0. The second kappa shape index (κ2) is 7.31. The number of aryl methyl sites for hydroxylation is 1. The number of carboxylic acid groups (broad SMARTS) is 1. The Morgan fingerprint density at radius 1 is 1.00 bits per heavy atom. The van der Waals surface area contributed by atoms with Gasteiger partial charge in [0.25, 0.3) is 0 Å². The minimum Gasteiger partial charge on any atom is -0.507 e. The van der Waals surface area contributed by atoms with Crippen molar-refractivity contribution >= 4 is 11.8 Å². The molecule has 6 nitrogen and oxygen atoms in total. The number of carbonyl (C=O) groups is 2. The molecule has 0 aliphatic rings. The maximum Gasteiger partial charge on any atom is 0.341 e. The van der Waals surface area contributed by atoms with Crippen LogP contribution in [-0.4, -0.2) is 33.7 Å². The smallest absolute Gasteiger partial charge is 0.341 e. The summed E-state index contributed by atoms with van der Waals surface area (Å²) in [6.45, 7) is -0.611. The number of phenols is 2. The molecule has 0 aromatic heterocycles. The van der Waals surface area contributed by atoms with Crippen molar-refractivity contribution in [3.8, 4) is 17.2 Å². The van der Waals surface area contributed by atoms with E-state index in [1.807, 2.05) is 30.3 Å². The molecule has 6 heteroatoms. The topological polar surface area (TPSA) is 104 Å². The second-order valence-corrected chi connectivity index (χ2v) is 4.93. The first-order valence-corrected chi connectivity index (χ1v) is 6.95. The maximum atomic E-state index is 12.2. The van der Waals surface area contributed by atoms with E-state index in [9.17, 15) is 19.8 Å². The highest BCUT2D eigenvalue weighted by Gasteiger charge is 2.18. The van der Waals surface area contributed by atoms with E-state index in [2.05, 4.69) is 0 Å². The van der Waals surface area contributed by atoms with Crippen LogP contribution in [0, 0.1) is 0 Å². The van der Waals surface area contributed by atoms with Crippen LogP contribution in [0.25, 0.3) is 0 Å². The fourth-order valence-corrected chi connectivity index (χ4v) is 2.13. The van der Waals surface area contributed by atoms with E-state index in [0.717, 1.165) is 17.7 Å². The molecule has 120 valence electrons. The number of hydrogen-bond acceptors (Lipinski definition) is 5. The van der Waals surface area contributed by atoms with Crippen molar-refractivity contribution in [2.24, 2.45) is 0 Å². The summed E-state index contributed by atoms with van der Waals surface area (Å²) in [4.78, 5) is 22.6. The molecule has 0 saturated carbocycles. The van der Waals surface area contributed by atoms with Gasteiger partial charge in [-0.05, 0) is 12.0 Å². The Kier molecular flexibility index (Phi) is 5.19. The van der Waals surface area contributed by atoms with Crippen LogP contribution in [-0.2, 0) is 11.2 Å². The molecule has 3 N–H and O–H groups in total. The SMILES string of the molecule is O=C(O)COc1cc(O)c(C(=O)CCc2ccccc2)c(O)c1. The molecule has 0 heterocycles. The van der Waals surface area contributed by atoms with E-state index in [0.29, 0.717) is 6.42 Å². The van der Waals surface area contributed by atoms with Crippen LogP contribution in [0.2, 0.25) is 0 Å². The Labute approximate surface area is 132 Å². The third-order valence-corrected chi connectivity index (χ3v) is 3.19. The van der Waals surface area contributed by atoms with Gasteiger partial charge in [-0.25, -0.2) is 4.79 Å². The van der Waals surface area contributed by atoms with Gasteiger partial charge in [-0.3, -0.25) is 4.79 Å². The highest BCUT2D eigenvalue weighted by atomic mass is 16.5. The van der Waals surface area contributed by atoms with Gasteiger partial charge < -0.3 is 20.1 Å². The van der Waals surface area contributed by atoms with Gasteiger partial charge in [-0.15, -0.1) is 0 Å². The van der Waals surface area contributed by atoms with Crippen LogP contribution >= 0.6 is 0 Å². The average molecular weight is 316 g/mol. The minimum absolute atomic E-state index is 0.0259. The van der Waals surface area contributed by atoms with Crippen LogP contribution in [0.15, 0.2) is 42.5 Å². The fraction of sp³-hybridized carbons (Fsp3) is 0.176. The molecule has 0 aliphatic heterocycles. The molecule has 0 radical (unpaired) electrons. The Balaban J connectivity index is 2.09. The number of aliphatic carboxylic acids is 1. The number of ketones is 1. The molecule has 23 heavy (non-hydrogen) atoms. The van der Waals surface area contributed by atoms with Crippen LogP contribution in [0.3, 0.4) is 0 Å². The second-order valence-electron chi connectivity index (χ2n) is 4.93. The summed E-state index contributed by atoms with van der Waals surface area (Å²) in [5, 5.41) is 28.3. The van der Waals surface area contributed by atoms with Gasteiger partial charge in [0.15, 0.2) is 12.4 Å². The Bertz CT molecular complexity index is 685. The monoisotopic (exact) mass is 316 g/mol. The highest BCUT2D eigenvalue weighted by Crippen LogP contribution is 2.33. The predicted molar refractivity (Wildman–Crippen MR) is 82.0 cm³/mol. The fourth-order valence-electron chi connectivity index (χ4n) is 2.13. The summed E-state index contributed by atoms with van der Waals surface area (Å²) in [5.74, 6) is -2.51. The zero-order valence-electron chi connectivity index (χ0n) is 12.2. The molecule has 2 rings (SSSR count). The minimum atomic E-state index is -1.19. The van der Waals surface area contributed by atoms with Gasteiger partial charge in [-0.2, -0.15) is 0 Å². The van der Waals surface area contributed by atoms with Gasteiger partial charge in [0.2, 0.25) is 0 Å². The molecular weight excluding hydrogens is 300 g/mol. The number of aromatic hydroxyl groups is 2.